The second-order valence-corrected chi connectivity index (χ2v) is 5.21. The van der Waals surface area contributed by atoms with Crippen molar-refractivity contribution in [3.63, 3.8) is 0 Å². The van der Waals surface area contributed by atoms with Gasteiger partial charge in [0, 0.05) is 45.0 Å². The van der Waals surface area contributed by atoms with E-state index in [-0.39, 0.29) is 29.9 Å². The van der Waals surface area contributed by atoms with Gasteiger partial charge in [-0.1, -0.05) is 18.2 Å². The summed E-state index contributed by atoms with van der Waals surface area (Å²) in [6.07, 6.45) is 1.75. The molecule has 1 rings (SSSR count). The van der Waals surface area contributed by atoms with Crippen LogP contribution < -0.4 is 16.0 Å². The molecule has 0 radical (unpaired) electrons. The highest BCUT2D eigenvalue weighted by Crippen LogP contribution is 1.97. The zero-order valence-corrected chi connectivity index (χ0v) is 17.5. The molecule has 0 saturated heterocycles. The molecule has 3 N–H and O–H groups in total. The first-order valence-corrected chi connectivity index (χ1v) is 8.71. The minimum Gasteiger partial charge on any atom is -0.382 e. The molecule has 1 amide bonds. The summed E-state index contributed by atoms with van der Waals surface area (Å²) in [5.41, 5.74) is 0.685. The van der Waals surface area contributed by atoms with Crippen LogP contribution in [0.4, 0.5) is 0 Å². The third kappa shape index (κ3) is 11.8. The molecule has 25 heavy (non-hydrogen) atoms. The quantitative estimate of drug-likeness (QED) is 0.204. The summed E-state index contributed by atoms with van der Waals surface area (Å²) in [5.74, 6) is 0.768. The maximum absolute atomic E-state index is 11.9. The number of amides is 1. The van der Waals surface area contributed by atoms with Gasteiger partial charge in [-0.15, -0.1) is 24.0 Å². The summed E-state index contributed by atoms with van der Waals surface area (Å²) in [6, 6.07) is 9.24. The van der Waals surface area contributed by atoms with Crippen molar-refractivity contribution in [3.05, 3.63) is 35.9 Å². The van der Waals surface area contributed by atoms with Gasteiger partial charge in [-0.25, -0.2) is 0 Å². The first-order chi connectivity index (χ1) is 11.8. The minimum absolute atomic E-state index is 0. The summed E-state index contributed by atoms with van der Waals surface area (Å²) < 4.78 is 5.31. The van der Waals surface area contributed by atoms with Gasteiger partial charge in [-0.2, -0.15) is 0 Å². The Morgan fingerprint density at radius 3 is 2.44 bits per heavy atom. The molecule has 1 aromatic rings. The van der Waals surface area contributed by atoms with E-state index in [0.717, 1.165) is 45.1 Å². The normalized spacial score (nSPS) is 10.7. The number of halogens is 1. The van der Waals surface area contributed by atoms with E-state index in [0.29, 0.717) is 18.7 Å². The number of hydrogen-bond acceptors (Lipinski definition) is 3. The zero-order valence-electron chi connectivity index (χ0n) is 15.2. The van der Waals surface area contributed by atoms with E-state index in [1.165, 1.54) is 0 Å². The summed E-state index contributed by atoms with van der Waals surface area (Å²) in [4.78, 5) is 16.4. The third-order valence-corrected chi connectivity index (χ3v) is 3.23. The molecule has 7 heteroatoms. The third-order valence-electron chi connectivity index (χ3n) is 3.23. The fourth-order valence-corrected chi connectivity index (χ4v) is 2.03. The van der Waals surface area contributed by atoms with E-state index in [1.54, 1.807) is 0 Å². The molecular weight excluding hydrogens is 431 g/mol. The number of ether oxygens (including phenoxy) is 1. The summed E-state index contributed by atoms with van der Waals surface area (Å²) in [7, 11) is 0. The summed E-state index contributed by atoms with van der Waals surface area (Å²) in [5, 5.41) is 9.39. The number of nitrogens with one attached hydrogen (secondary N) is 3. The number of guanidine groups is 1. The Hall–Kier alpha value is -1.35. The Labute approximate surface area is 168 Å². The fourth-order valence-electron chi connectivity index (χ4n) is 2.03. The van der Waals surface area contributed by atoms with E-state index in [9.17, 15) is 4.79 Å². The Kier molecular flexibility index (Phi) is 15.3. The van der Waals surface area contributed by atoms with Gasteiger partial charge in [0.15, 0.2) is 5.96 Å². The van der Waals surface area contributed by atoms with Gasteiger partial charge in [0.2, 0.25) is 0 Å². The van der Waals surface area contributed by atoms with E-state index >= 15 is 0 Å². The standard InChI is InChI=1S/C18H30N4O2.HI/c1-3-19-18(22-14-9-15-24-4-2)21-13-8-12-20-17(23)16-10-6-5-7-11-16;/h5-7,10-11H,3-4,8-9,12-15H2,1-2H3,(H,20,23)(H2,19,21,22);1H. The lowest BCUT2D eigenvalue weighted by Gasteiger charge is -2.11. The molecule has 0 fully saturated rings. The molecule has 0 atom stereocenters. The van der Waals surface area contributed by atoms with Crippen LogP contribution in [0.3, 0.4) is 0 Å². The summed E-state index contributed by atoms with van der Waals surface area (Å²) >= 11 is 0. The lowest BCUT2D eigenvalue weighted by Crippen LogP contribution is -2.38. The molecule has 0 unspecified atom stereocenters. The SMILES string of the molecule is CCNC(=NCCCNC(=O)c1ccccc1)NCCCOCC.I. The number of carbonyl (C=O) groups is 1. The lowest BCUT2D eigenvalue weighted by atomic mass is 10.2. The van der Waals surface area contributed by atoms with Crippen molar-refractivity contribution in [2.75, 3.05) is 39.4 Å². The molecule has 142 valence electrons. The smallest absolute Gasteiger partial charge is 0.251 e. The zero-order chi connectivity index (χ0) is 17.5. The molecule has 0 aliphatic carbocycles. The highest BCUT2D eigenvalue weighted by atomic mass is 127. The van der Waals surface area contributed by atoms with Crippen LogP contribution in [-0.2, 0) is 4.74 Å². The van der Waals surface area contributed by atoms with E-state index in [1.807, 2.05) is 44.2 Å². The van der Waals surface area contributed by atoms with Crippen molar-refractivity contribution in [1.82, 2.24) is 16.0 Å². The molecule has 0 saturated carbocycles. The number of benzene rings is 1. The number of nitrogens with zero attached hydrogens (tertiary/aromatic N) is 1. The van der Waals surface area contributed by atoms with Crippen LogP contribution in [0.15, 0.2) is 35.3 Å². The number of hydrogen-bond donors (Lipinski definition) is 3. The lowest BCUT2D eigenvalue weighted by molar-refractivity contribution is 0.0953. The van der Waals surface area contributed by atoms with E-state index in [2.05, 4.69) is 20.9 Å². The molecule has 0 spiro atoms. The van der Waals surface area contributed by atoms with Gasteiger partial charge in [0.1, 0.15) is 0 Å². The largest absolute Gasteiger partial charge is 0.382 e. The monoisotopic (exact) mass is 462 g/mol. The van der Waals surface area contributed by atoms with Crippen molar-refractivity contribution in [2.45, 2.75) is 26.7 Å². The molecule has 0 aliphatic rings. The number of aliphatic imine (C=N–C) groups is 1. The Morgan fingerprint density at radius 1 is 1.04 bits per heavy atom. The van der Waals surface area contributed by atoms with Crippen LogP contribution in [0.1, 0.15) is 37.0 Å². The van der Waals surface area contributed by atoms with Crippen molar-refractivity contribution in [3.8, 4) is 0 Å². The molecule has 0 heterocycles. The van der Waals surface area contributed by atoms with Gasteiger partial charge in [0.25, 0.3) is 5.91 Å². The van der Waals surface area contributed by atoms with Gasteiger partial charge in [-0.05, 0) is 38.8 Å². The molecule has 0 aromatic heterocycles. The average molecular weight is 462 g/mol. The topological polar surface area (TPSA) is 74.8 Å². The second-order valence-electron chi connectivity index (χ2n) is 5.21. The van der Waals surface area contributed by atoms with Gasteiger partial charge < -0.3 is 20.7 Å². The molecule has 0 aliphatic heterocycles. The first kappa shape index (κ1) is 23.6. The highest BCUT2D eigenvalue weighted by Gasteiger charge is 2.02. The molecule has 6 nitrogen and oxygen atoms in total. The van der Waals surface area contributed by atoms with Crippen molar-refractivity contribution in [2.24, 2.45) is 4.99 Å². The summed E-state index contributed by atoms with van der Waals surface area (Å²) in [6.45, 7) is 8.47. The van der Waals surface area contributed by atoms with Crippen molar-refractivity contribution >= 4 is 35.8 Å². The first-order valence-electron chi connectivity index (χ1n) is 8.71. The average Bonchev–Trinajstić information content (AvgIpc) is 2.61. The van der Waals surface area contributed by atoms with Crippen LogP contribution in [0.2, 0.25) is 0 Å². The van der Waals surface area contributed by atoms with Gasteiger partial charge in [-0.3, -0.25) is 9.79 Å². The molecular formula is C18H31IN4O2. The van der Waals surface area contributed by atoms with Crippen LogP contribution in [-0.4, -0.2) is 51.3 Å². The van der Waals surface area contributed by atoms with E-state index in [4.69, 9.17) is 4.74 Å². The van der Waals surface area contributed by atoms with Crippen molar-refractivity contribution in [1.29, 1.82) is 0 Å². The second kappa shape index (κ2) is 16.1. The van der Waals surface area contributed by atoms with Crippen LogP contribution in [0, 0.1) is 0 Å². The Morgan fingerprint density at radius 2 is 1.76 bits per heavy atom. The van der Waals surface area contributed by atoms with Gasteiger partial charge in [0.05, 0.1) is 0 Å². The number of rotatable bonds is 11. The Balaban J connectivity index is 0.00000576. The molecule has 0 bridgehead atoms. The predicted molar refractivity (Wildman–Crippen MR) is 114 cm³/mol. The van der Waals surface area contributed by atoms with Crippen LogP contribution in [0.25, 0.3) is 0 Å². The maximum Gasteiger partial charge on any atom is 0.251 e. The molecule has 1 aromatic carbocycles. The fraction of sp³-hybridized carbons (Fsp3) is 0.556. The van der Waals surface area contributed by atoms with E-state index < -0.39 is 0 Å². The van der Waals surface area contributed by atoms with Crippen molar-refractivity contribution < 1.29 is 9.53 Å². The Bertz CT molecular complexity index is 483. The minimum atomic E-state index is -0.0412. The predicted octanol–water partition coefficient (Wildman–Crippen LogP) is 2.41. The number of carbonyl (C=O) groups excluding carboxylic acids is 1. The van der Waals surface area contributed by atoms with Crippen LogP contribution >= 0.6 is 24.0 Å². The highest BCUT2D eigenvalue weighted by molar-refractivity contribution is 14.0. The van der Waals surface area contributed by atoms with Crippen LogP contribution in [0.5, 0.6) is 0 Å². The maximum atomic E-state index is 11.9. The van der Waals surface area contributed by atoms with Gasteiger partial charge >= 0.3 is 0 Å².